The van der Waals surface area contributed by atoms with Crippen LogP contribution in [0, 0.1) is 0 Å². The van der Waals surface area contributed by atoms with Crippen LogP contribution < -0.4 is 5.32 Å². The zero-order valence-electron chi connectivity index (χ0n) is 6.76. The standard InChI is InChI=1S/C9H13NO.Au/c11-8-4-7-10-9-5-2-1-3-6-9;/h1-3,5-6,10-11H,4,7-8H2;. The van der Waals surface area contributed by atoms with Crippen LogP contribution in [0.4, 0.5) is 5.69 Å². The first kappa shape index (κ1) is 11.7. The fourth-order valence-electron chi connectivity index (χ4n) is 0.868. The van der Waals surface area contributed by atoms with E-state index in [0.29, 0.717) is 0 Å². The Kier molecular flexibility index (Phi) is 7.20. The number of benzene rings is 1. The second-order valence-corrected chi connectivity index (χ2v) is 2.37. The molecule has 0 saturated carbocycles. The van der Waals surface area contributed by atoms with Gasteiger partial charge in [-0.05, 0) is 18.6 Å². The second-order valence-electron chi connectivity index (χ2n) is 2.37. The zero-order valence-corrected chi connectivity index (χ0v) is 8.92. The molecule has 0 aromatic heterocycles. The van der Waals surface area contributed by atoms with Crippen LogP contribution in [0.2, 0.25) is 0 Å². The van der Waals surface area contributed by atoms with Crippen molar-refractivity contribution in [1.82, 2.24) is 0 Å². The van der Waals surface area contributed by atoms with Gasteiger partial charge in [0.1, 0.15) is 0 Å². The zero-order chi connectivity index (χ0) is 7.94. The van der Waals surface area contributed by atoms with Gasteiger partial charge in [-0.25, -0.2) is 0 Å². The minimum absolute atomic E-state index is 0. The number of aliphatic hydroxyl groups is 1. The van der Waals surface area contributed by atoms with Gasteiger partial charge in [-0.3, -0.25) is 0 Å². The number of para-hydroxylation sites is 1. The van der Waals surface area contributed by atoms with Gasteiger partial charge in [0.15, 0.2) is 0 Å². The molecule has 0 atom stereocenters. The third-order valence-corrected chi connectivity index (χ3v) is 1.44. The minimum Gasteiger partial charge on any atom is -0.396 e. The van der Waals surface area contributed by atoms with Crippen molar-refractivity contribution >= 4 is 5.69 Å². The number of rotatable bonds is 4. The summed E-state index contributed by atoms with van der Waals surface area (Å²) in [5, 5.41) is 11.7. The molecule has 0 aliphatic heterocycles. The molecule has 1 aromatic carbocycles. The Bertz CT molecular complexity index is 191. The average molecular weight is 348 g/mol. The molecule has 0 heterocycles. The Balaban J connectivity index is 0.00000121. The summed E-state index contributed by atoms with van der Waals surface area (Å²) < 4.78 is 0. The van der Waals surface area contributed by atoms with Crippen LogP contribution in [0.15, 0.2) is 30.3 Å². The molecule has 0 aliphatic rings. The van der Waals surface area contributed by atoms with Crippen LogP contribution in [0.5, 0.6) is 0 Å². The van der Waals surface area contributed by atoms with Gasteiger partial charge >= 0.3 is 0 Å². The van der Waals surface area contributed by atoms with Gasteiger partial charge in [-0.1, -0.05) is 18.2 Å². The van der Waals surface area contributed by atoms with Crippen LogP contribution in [0.3, 0.4) is 0 Å². The Morgan fingerprint density at radius 1 is 1.17 bits per heavy atom. The fourth-order valence-corrected chi connectivity index (χ4v) is 0.868. The van der Waals surface area contributed by atoms with Gasteiger partial charge < -0.3 is 10.4 Å². The van der Waals surface area contributed by atoms with Crippen molar-refractivity contribution in [2.45, 2.75) is 6.42 Å². The van der Waals surface area contributed by atoms with Crippen molar-refractivity contribution in [2.24, 2.45) is 0 Å². The van der Waals surface area contributed by atoms with Crippen molar-refractivity contribution in [3.8, 4) is 0 Å². The third kappa shape index (κ3) is 4.57. The van der Waals surface area contributed by atoms with E-state index in [0.717, 1.165) is 18.7 Å². The summed E-state index contributed by atoms with van der Waals surface area (Å²) >= 11 is 0. The van der Waals surface area contributed by atoms with Crippen LogP contribution in [0.1, 0.15) is 6.42 Å². The van der Waals surface area contributed by atoms with Crippen LogP contribution in [0.25, 0.3) is 0 Å². The number of anilines is 1. The van der Waals surface area contributed by atoms with E-state index in [4.69, 9.17) is 5.11 Å². The number of nitrogens with one attached hydrogen (secondary N) is 1. The van der Waals surface area contributed by atoms with Crippen LogP contribution in [-0.2, 0) is 22.4 Å². The van der Waals surface area contributed by atoms with E-state index >= 15 is 0 Å². The predicted molar refractivity (Wildman–Crippen MR) is 46.6 cm³/mol. The summed E-state index contributed by atoms with van der Waals surface area (Å²) in [6.07, 6.45) is 0.800. The van der Waals surface area contributed by atoms with Crippen LogP contribution >= 0.6 is 0 Å². The summed E-state index contributed by atoms with van der Waals surface area (Å²) in [6, 6.07) is 9.98. The Morgan fingerprint density at radius 3 is 2.42 bits per heavy atom. The molecular weight excluding hydrogens is 335 g/mol. The van der Waals surface area contributed by atoms with E-state index in [1.54, 1.807) is 0 Å². The molecule has 2 nitrogen and oxygen atoms in total. The van der Waals surface area contributed by atoms with E-state index in [9.17, 15) is 0 Å². The maximum Gasteiger partial charge on any atom is 0.0447 e. The molecule has 0 bridgehead atoms. The molecule has 3 heteroatoms. The number of aliphatic hydroxyl groups excluding tert-OH is 1. The van der Waals surface area contributed by atoms with E-state index in [1.807, 2.05) is 30.3 Å². The quantitative estimate of drug-likeness (QED) is 0.638. The Morgan fingerprint density at radius 2 is 1.83 bits per heavy atom. The summed E-state index contributed by atoms with van der Waals surface area (Å²) in [5.74, 6) is 0. The molecule has 0 spiro atoms. The van der Waals surface area contributed by atoms with E-state index in [1.165, 1.54) is 0 Å². The van der Waals surface area contributed by atoms with Gasteiger partial charge in [-0.2, -0.15) is 0 Å². The van der Waals surface area contributed by atoms with E-state index in [-0.39, 0.29) is 29.0 Å². The van der Waals surface area contributed by atoms with Gasteiger partial charge in [0.05, 0.1) is 0 Å². The third-order valence-electron chi connectivity index (χ3n) is 1.44. The maximum atomic E-state index is 8.50. The van der Waals surface area contributed by atoms with Crippen molar-refractivity contribution in [2.75, 3.05) is 18.5 Å². The molecule has 0 amide bonds. The summed E-state index contributed by atoms with van der Waals surface area (Å²) in [6.45, 7) is 1.08. The normalized spacial score (nSPS) is 8.75. The predicted octanol–water partition coefficient (Wildman–Crippen LogP) is 1.48. The number of hydrogen-bond acceptors (Lipinski definition) is 2. The molecule has 0 aliphatic carbocycles. The van der Waals surface area contributed by atoms with Gasteiger partial charge in [-0.15, -0.1) is 0 Å². The number of hydrogen-bond donors (Lipinski definition) is 2. The SMILES string of the molecule is OCCCNc1ccccc1.[Au]. The first-order chi connectivity index (χ1) is 5.43. The molecule has 1 aromatic rings. The van der Waals surface area contributed by atoms with Gasteiger partial charge in [0, 0.05) is 41.2 Å². The Hall–Kier alpha value is -0.280. The monoisotopic (exact) mass is 348 g/mol. The Labute approximate surface area is 88.5 Å². The van der Waals surface area contributed by atoms with Gasteiger partial charge in [0.25, 0.3) is 0 Å². The molecular formula is C9H13AuNO. The topological polar surface area (TPSA) is 32.3 Å². The largest absolute Gasteiger partial charge is 0.396 e. The smallest absolute Gasteiger partial charge is 0.0447 e. The van der Waals surface area contributed by atoms with Gasteiger partial charge in [0.2, 0.25) is 0 Å². The molecule has 0 unspecified atom stereocenters. The minimum atomic E-state index is 0. The van der Waals surface area contributed by atoms with E-state index in [2.05, 4.69) is 5.32 Å². The molecule has 71 valence electrons. The maximum absolute atomic E-state index is 8.50. The average Bonchev–Trinajstić information content (AvgIpc) is 2.07. The fraction of sp³-hybridized carbons (Fsp3) is 0.333. The molecule has 0 saturated heterocycles. The second kappa shape index (κ2) is 7.37. The summed E-state index contributed by atoms with van der Waals surface area (Å²) in [4.78, 5) is 0. The molecule has 0 fully saturated rings. The molecule has 1 rings (SSSR count). The first-order valence-electron chi connectivity index (χ1n) is 3.83. The summed E-state index contributed by atoms with van der Waals surface area (Å²) in [7, 11) is 0. The molecule has 1 radical (unpaired) electrons. The van der Waals surface area contributed by atoms with Crippen molar-refractivity contribution in [3.05, 3.63) is 30.3 Å². The summed E-state index contributed by atoms with van der Waals surface area (Å²) in [5.41, 5.74) is 1.11. The van der Waals surface area contributed by atoms with Crippen molar-refractivity contribution in [3.63, 3.8) is 0 Å². The van der Waals surface area contributed by atoms with E-state index < -0.39 is 0 Å². The van der Waals surface area contributed by atoms with Crippen molar-refractivity contribution in [1.29, 1.82) is 0 Å². The first-order valence-corrected chi connectivity index (χ1v) is 3.83. The van der Waals surface area contributed by atoms with Crippen LogP contribution in [-0.4, -0.2) is 18.3 Å². The molecule has 2 N–H and O–H groups in total. The molecule has 12 heavy (non-hydrogen) atoms. The van der Waals surface area contributed by atoms with Crippen molar-refractivity contribution < 1.29 is 27.5 Å².